The SMILES string of the molecule is CC(C)(C#N)c1nnc2ccc(OCCCN3CCC(OC(c4ccccc4)c4ccccc4)CC3)nn12.Cl. The standard InChI is InChI=1S/C30H34N6O2.ClH/c1-30(2,22-31)29-33-32-26-14-15-27(34-36(26)29)37-21-9-18-35-19-16-25(17-20-35)38-28(23-10-5-3-6-11-23)24-12-7-4-8-13-24;/h3-8,10-15,25,28H,9,16-21H2,1-2H3;1H. The topological polar surface area (TPSA) is 88.6 Å². The van der Waals surface area contributed by atoms with Crippen LogP contribution in [0.25, 0.3) is 5.65 Å². The summed E-state index contributed by atoms with van der Waals surface area (Å²) in [5, 5.41) is 22.2. The van der Waals surface area contributed by atoms with Crippen LogP contribution in [0.1, 0.15) is 56.2 Å². The average Bonchev–Trinajstić information content (AvgIpc) is 3.40. The minimum absolute atomic E-state index is 0. The molecular formula is C30H35ClN6O2. The Morgan fingerprint density at radius 3 is 2.21 bits per heavy atom. The van der Waals surface area contributed by atoms with Gasteiger partial charge in [0.25, 0.3) is 0 Å². The van der Waals surface area contributed by atoms with E-state index in [9.17, 15) is 5.26 Å². The van der Waals surface area contributed by atoms with Gasteiger partial charge in [-0.2, -0.15) is 9.78 Å². The van der Waals surface area contributed by atoms with E-state index in [4.69, 9.17) is 9.47 Å². The molecule has 0 radical (unpaired) electrons. The average molecular weight is 547 g/mol. The van der Waals surface area contributed by atoms with E-state index in [1.165, 1.54) is 11.1 Å². The minimum atomic E-state index is -0.789. The number of piperidine rings is 1. The van der Waals surface area contributed by atoms with Gasteiger partial charge in [0.15, 0.2) is 11.5 Å². The Balaban J connectivity index is 0.00000353. The first-order valence-corrected chi connectivity index (χ1v) is 13.3. The molecule has 0 amide bonds. The number of rotatable bonds is 10. The van der Waals surface area contributed by atoms with Crippen molar-refractivity contribution < 1.29 is 9.47 Å². The van der Waals surface area contributed by atoms with Crippen molar-refractivity contribution in [3.05, 3.63) is 89.7 Å². The van der Waals surface area contributed by atoms with Crippen LogP contribution in [0, 0.1) is 11.3 Å². The summed E-state index contributed by atoms with van der Waals surface area (Å²) in [5.74, 6) is 1.01. The maximum absolute atomic E-state index is 9.45. The first-order chi connectivity index (χ1) is 18.5. The highest BCUT2D eigenvalue weighted by Gasteiger charge is 2.27. The second kappa shape index (κ2) is 13.0. The van der Waals surface area contributed by atoms with Crippen LogP contribution in [0.4, 0.5) is 0 Å². The van der Waals surface area contributed by atoms with Gasteiger partial charge in [-0.05, 0) is 50.3 Å². The normalized spacial score (nSPS) is 14.7. The Labute approximate surface area is 236 Å². The number of hydrogen-bond acceptors (Lipinski definition) is 7. The van der Waals surface area contributed by atoms with Gasteiger partial charge in [0.2, 0.25) is 5.88 Å². The van der Waals surface area contributed by atoms with Crippen LogP contribution in [0.15, 0.2) is 72.8 Å². The van der Waals surface area contributed by atoms with Gasteiger partial charge in [-0.25, -0.2) is 0 Å². The Morgan fingerprint density at radius 1 is 0.949 bits per heavy atom. The molecule has 1 aliphatic heterocycles. The number of fused-ring (bicyclic) bond motifs is 1. The predicted molar refractivity (Wildman–Crippen MR) is 152 cm³/mol. The fourth-order valence-corrected chi connectivity index (χ4v) is 4.82. The molecular weight excluding hydrogens is 512 g/mol. The molecule has 1 saturated heterocycles. The van der Waals surface area contributed by atoms with Crippen molar-refractivity contribution in [2.75, 3.05) is 26.2 Å². The maximum atomic E-state index is 9.45. The van der Waals surface area contributed by atoms with Gasteiger partial charge < -0.3 is 14.4 Å². The number of likely N-dealkylation sites (tertiary alicyclic amines) is 1. The maximum Gasteiger partial charge on any atom is 0.231 e. The Hall–Kier alpha value is -3.51. The van der Waals surface area contributed by atoms with Crippen LogP contribution >= 0.6 is 12.4 Å². The molecule has 0 aliphatic carbocycles. The van der Waals surface area contributed by atoms with E-state index < -0.39 is 5.41 Å². The van der Waals surface area contributed by atoms with Crippen LogP contribution in [-0.4, -0.2) is 57.1 Å². The zero-order valence-electron chi connectivity index (χ0n) is 22.4. The van der Waals surface area contributed by atoms with Crippen LogP contribution in [0.3, 0.4) is 0 Å². The van der Waals surface area contributed by atoms with Gasteiger partial charge in [0, 0.05) is 25.7 Å². The van der Waals surface area contributed by atoms with Crippen molar-refractivity contribution in [1.29, 1.82) is 5.26 Å². The number of hydrogen-bond donors (Lipinski definition) is 0. The largest absolute Gasteiger partial charge is 0.477 e. The number of benzene rings is 2. The molecule has 0 saturated carbocycles. The van der Waals surface area contributed by atoms with E-state index in [0.717, 1.165) is 38.9 Å². The van der Waals surface area contributed by atoms with E-state index in [1.54, 1.807) is 24.4 Å². The van der Waals surface area contributed by atoms with Crippen LogP contribution in [0.5, 0.6) is 5.88 Å². The molecule has 3 heterocycles. The highest BCUT2D eigenvalue weighted by atomic mass is 35.5. The van der Waals surface area contributed by atoms with Crippen molar-refractivity contribution in [2.24, 2.45) is 0 Å². The van der Waals surface area contributed by atoms with Crippen LogP contribution in [0.2, 0.25) is 0 Å². The van der Waals surface area contributed by atoms with Gasteiger partial charge >= 0.3 is 0 Å². The number of nitriles is 1. The lowest BCUT2D eigenvalue weighted by Crippen LogP contribution is -2.38. The number of ether oxygens (including phenoxy) is 2. The molecule has 0 spiro atoms. The van der Waals surface area contributed by atoms with E-state index >= 15 is 0 Å². The third-order valence-corrected chi connectivity index (χ3v) is 7.01. The summed E-state index contributed by atoms with van der Waals surface area (Å²) in [7, 11) is 0. The smallest absolute Gasteiger partial charge is 0.231 e. The van der Waals surface area contributed by atoms with Crippen molar-refractivity contribution in [3.8, 4) is 11.9 Å². The number of halogens is 1. The lowest BCUT2D eigenvalue weighted by molar-refractivity contribution is -0.0273. The van der Waals surface area contributed by atoms with Crippen molar-refractivity contribution in [3.63, 3.8) is 0 Å². The van der Waals surface area contributed by atoms with Crippen LogP contribution < -0.4 is 4.74 Å². The predicted octanol–water partition coefficient (Wildman–Crippen LogP) is 5.39. The molecule has 8 nitrogen and oxygen atoms in total. The molecule has 2 aromatic heterocycles. The number of nitrogens with zero attached hydrogens (tertiary/aromatic N) is 6. The quantitative estimate of drug-likeness (QED) is 0.246. The third-order valence-electron chi connectivity index (χ3n) is 7.01. The molecule has 1 fully saturated rings. The fourth-order valence-electron chi connectivity index (χ4n) is 4.82. The van der Waals surface area contributed by atoms with E-state index in [1.807, 2.05) is 18.2 Å². The molecule has 0 unspecified atom stereocenters. The Morgan fingerprint density at radius 2 is 1.59 bits per heavy atom. The molecule has 204 valence electrons. The Bertz CT molecular complexity index is 1330. The highest BCUT2D eigenvalue weighted by molar-refractivity contribution is 5.85. The second-order valence-electron chi connectivity index (χ2n) is 10.3. The van der Waals surface area contributed by atoms with Gasteiger partial charge in [0.05, 0.1) is 18.8 Å². The monoisotopic (exact) mass is 546 g/mol. The molecule has 1 aliphatic rings. The summed E-state index contributed by atoms with van der Waals surface area (Å²) in [4.78, 5) is 2.48. The fraction of sp³-hybridized carbons (Fsp3) is 0.400. The third kappa shape index (κ3) is 6.93. The lowest BCUT2D eigenvalue weighted by atomic mass is 9.95. The van der Waals surface area contributed by atoms with Gasteiger partial charge in [-0.3, -0.25) is 0 Å². The van der Waals surface area contributed by atoms with Crippen molar-refractivity contribution >= 4 is 18.1 Å². The summed E-state index contributed by atoms with van der Waals surface area (Å²) in [5.41, 5.74) is 2.20. The summed E-state index contributed by atoms with van der Waals surface area (Å²) in [6.45, 7) is 7.16. The van der Waals surface area contributed by atoms with Gasteiger partial charge in [0.1, 0.15) is 11.5 Å². The molecule has 39 heavy (non-hydrogen) atoms. The van der Waals surface area contributed by atoms with E-state index in [2.05, 4.69) is 74.8 Å². The van der Waals surface area contributed by atoms with Crippen LogP contribution in [-0.2, 0) is 10.2 Å². The zero-order chi connectivity index (χ0) is 26.4. The van der Waals surface area contributed by atoms with E-state index in [0.29, 0.717) is 24.0 Å². The first-order valence-electron chi connectivity index (χ1n) is 13.3. The lowest BCUT2D eigenvalue weighted by Gasteiger charge is -2.34. The zero-order valence-corrected chi connectivity index (χ0v) is 23.3. The Kier molecular flexibility index (Phi) is 9.52. The van der Waals surface area contributed by atoms with E-state index in [-0.39, 0.29) is 24.6 Å². The summed E-state index contributed by atoms with van der Waals surface area (Å²) in [6, 6.07) is 26.8. The summed E-state index contributed by atoms with van der Waals surface area (Å²) < 4.78 is 14.2. The van der Waals surface area contributed by atoms with Crippen molar-refractivity contribution in [2.45, 2.75) is 50.7 Å². The minimum Gasteiger partial charge on any atom is -0.477 e. The first kappa shape index (κ1) is 28.5. The molecule has 4 aromatic rings. The molecule has 5 rings (SSSR count). The number of aromatic nitrogens is 4. The molecule has 0 bridgehead atoms. The van der Waals surface area contributed by atoms with Gasteiger partial charge in [-0.1, -0.05) is 60.7 Å². The summed E-state index contributed by atoms with van der Waals surface area (Å²) in [6.07, 6.45) is 3.12. The molecule has 0 atom stereocenters. The van der Waals surface area contributed by atoms with Gasteiger partial charge in [-0.15, -0.1) is 27.7 Å². The molecule has 0 N–H and O–H groups in total. The second-order valence-corrected chi connectivity index (χ2v) is 10.3. The molecule has 9 heteroatoms. The van der Waals surface area contributed by atoms with Crippen molar-refractivity contribution in [1.82, 2.24) is 24.7 Å². The molecule has 2 aromatic carbocycles. The summed E-state index contributed by atoms with van der Waals surface area (Å²) >= 11 is 0. The highest BCUT2D eigenvalue weighted by Crippen LogP contribution is 2.30.